The van der Waals surface area contributed by atoms with E-state index in [9.17, 15) is 9.59 Å². The Labute approximate surface area is 137 Å². The molecule has 0 radical (unpaired) electrons. The third-order valence-electron chi connectivity index (χ3n) is 2.29. The van der Waals surface area contributed by atoms with Crippen molar-refractivity contribution in [3.05, 3.63) is 11.8 Å². The van der Waals surface area contributed by atoms with Crippen LogP contribution in [0.25, 0.3) is 0 Å². The highest BCUT2D eigenvalue weighted by atomic mass is 17.2. The molecule has 0 saturated heterocycles. The Morgan fingerprint density at radius 1 is 1.04 bits per heavy atom. The van der Waals surface area contributed by atoms with Crippen LogP contribution in [-0.4, -0.2) is 23.8 Å². The van der Waals surface area contributed by atoms with Gasteiger partial charge in [0.05, 0.1) is 11.7 Å². The zero-order valence-electron chi connectivity index (χ0n) is 15.2. The molecule has 0 aliphatic heterocycles. The Bertz CT molecular complexity index is 430. The van der Waals surface area contributed by atoms with E-state index in [-0.39, 0.29) is 17.1 Å². The summed E-state index contributed by atoms with van der Waals surface area (Å²) in [6, 6.07) is 0. The molecule has 0 aliphatic carbocycles. The molecule has 0 fully saturated rings. The summed E-state index contributed by atoms with van der Waals surface area (Å²) in [7, 11) is 0. The van der Waals surface area contributed by atoms with E-state index in [1.54, 1.807) is 13.8 Å². The molecule has 0 aromatic heterocycles. The molecule has 0 bridgehead atoms. The molecule has 7 nitrogen and oxygen atoms in total. The van der Waals surface area contributed by atoms with Crippen molar-refractivity contribution in [3.63, 3.8) is 0 Å². The SMILES string of the molecule is CC(=COOC(C)(C)CC(C)(C)C)C(=O)OOC(=O)OC(C)C. The molecule has 0 N–H and O–H groups in total. The topological polar surface area (TPSA) is 80.3 Å². The van der Waals surface area contributed by atoms with E-state index in [4.69, 9.17) is 9.78 Å². The lowest BCUT2D eigenvalue weighted by Crippen LogP contribution is -2.29. The van der Waals surface area contributed by atoms with Crippen molar-refractivity contribution >= 4 is 12.1 Å². The first-order valence-electron chi connectivity index (χ1n) is 7.43. The van der Waals surface area contributed by atoms with Crippen molar-refractivity contribution < 1.29 is 33.9 Å². The van der Waals surface area contributed by atoms with Gasteiger partial charge >= 0.3 is 12.1 Å². The van der Waals surface area contributed by atoms with Gasteiger partial charge in [0.25, 0.3) is 0 Å². The van der Waals surface area contributed by atoms with Gasteiger partial charge in [0.1, 0.15) is 11.9 Å². The molecule has 23 heavy (non-hydrogen) atoms. The first kappa shape index (κ1) is 21.2. The van der Waals surface area contributed by atoms with Gasteiger partial charge in [0.2, 0.25) is 0 Å². The summed E-state index contributed by atoms with van der Waals surface area (Å²) < 4.78 is 4.64. The second-order valence-electron chi connectivity index (χ2n) is 7.35. The van der Waals surface area contributed by atoms with Crippen LogP contribution >= 0.6 is 0 Å². The second-order valence-corrected chi connectivity index (χ2v) is 7.35. The third-order valence-corrected chi connectivity index (χ3v) is 2.29. The molecule has 0 heterocycles. The zero-order chi connectivity index (χ0) is 18.3. The van der Waals surface area contributed by atoms with Crippen molar-refractivity contribution in [2.75, 3.05) is 0 Å². The lowest BCUT2D eigenvalue weighted by molar-refractivity contribution is -0.322. The van der Waals surface area contributed by atoms with E-state index in [1.165, 1.54) is 6.92 Å². The first-order chi connectivity index (χ1) is 10.3. The summed E-state index contributed by atoms with van der Waals surface area (Å²) in [5, 5.41) is 0. The molecular weight excluding hydrogens is 304 g/mol. The van der Waals surface area contributed by atoms with Gasteiger partial charge in [-0.2, -0.15) is 9.68 Å². The highest BCUT2D eigenvalue weighted by Crippen LogP contribution is 2.29. The summed E-state index contributed by atoms with van der Waals surface area (Å²) in [6.07, 6.45) is 0.370. The van der Waals surface area contributed by atoms with Gasteiger partial charge in [-0.1, -0.05) is 20.8 Å². The fraction of sp³-hybridized carbons (Fsp3) is 0.750. The van der Waals surface area contributed by atoms with Crippen LogP contribution in [0.4, 0.5) is 4.79 Å². The molecule has 0 aromatic rings. The van der Waals surface area contributed by atoms with E-state index in [2.05, 4.69) is 35.3 Å². The van der Waals surface area contributed by atoms with Crippen molar-refractivity contribution in [2.45, 2.75) is 73.5 Å². The Hall–Kier alpha value is -1.76. The first-order valence-corrected chi connectivity index (χ1v) is 7.43. The zero-order valence-corrected chi connectivity index (χ0v) is 15.2. The molecule has 0 atom stereocenters. The summed E-state index contributed by atoms with van der Waals surface area (Å²) in [6.45, 7) is 14.7. The molecule has 134 valence electrons. The molecule has 7 heteroatoms. The Balaban J connectivity index is 4.29. The summed E-state index contributed by atoms with van der Waals surface area (Å²) in [5.41, 5.74) is -0.403. The van der Waals surface area contributed by atoms with E-state index < -0.39 is 17.7 Å². The molecule has 0 amide bonds. The average molecular weight is 332 g/mol. The quantitative estimate of drug-likeness (QED) is 0.238. The average Bonchev–Trinajstić information content (AvgIpc) is 2.31. The Morgan fingerprint density at radius 3 is 2.09 bits per heavy atom. The van der Waals surface area contributed by atoms with Gasteiger partial charge < -0.3 is 9.62 Å². The maximum Gasteiger partial charge on any atom is 0.550 e. The monoisotopic (exact) mass is 332 g/mol. The van der Waals surface area contributed by atoms with Crippen LogP contribution in [-0.2, 0) is 29.1 Å². The van der Waals surface area contributed by atoms with Gasteiger partial charge in [-0.15, -0.1) is 0 Å². The van der Waals surface area contributed by atoms with E-state index in [1.807, 2.05) is 13.8 Å². The summed E-state index contributed by atoms with van der Waals surface area (Å²) in [4.78, 5) is 41.4. The maximum absolute atomic E-state index is 11.6. The minimum atomic E-state index is -1.09. The number of hydrogen-bond donors (Lipinski definition) is 0. The van der Waals surface area contributed by atoms with Gasteiger partial charge in [-0.25, -0.2) is 14.6 Å². The number of rotatable bonds is 6. The van der Waals surface area contributed by atoms with Crippen LogP contribution in [0.3, 0.4) is 0 Å². The summed E-state index contributed by atoms with van der Waals surface area (Å²) >= 11 is 0. The largest absolute Gasteiger partial charge is 0.550 e. The molecule has 0 unspecified atom stereocenters. The fourth-order valence-electron chi connectivity index (χ4n) is 1.93. The van der Waals surface area contributed by atoms with Gasteiger partial charge in [-0.05, 0) is 46.5 Å². The molecule has 0 rings (SSSR count). The maximum atomic E-state index is 11.6. The smallest absolute Gasteiger partial charge is 0.429 e. The van der Waals surface area contributed by atoms with Crippen LogP contribution in [0.15, 0.2) is 11.8 Å². The third kappa shape index (κ3) is 11.5. The van der Waals surface area contributed by atoms with Crippen molar-refractivity contribution in [3.8, 4) is 0 Å². The van der Waals surface area contributed by atoms with E-state index in [0.29, 0.717) is 0 Å². The van der Waals surface area contributed by atoms with Crippen molar-refractivity contribution in [2.24, 2.45) is 5.41 Å². The minimum absolute atomic E-state index is 0.0638. The summed E-state index contributed by atoms with van der Waals surface area (Å²) in [5.74, 6) is -0.886. The predicted octanol–water partition coefficient (Wildman–Crippen LogP) is 4.07. The van der Waals surface area contributed by atoms with Crippen LogP contribution in [0.1, 0.15) is 61.8 Å². The van der Waals surface area contributed by atoms with Crippen molar-refractivity contribution in [1.82, 2.24) is 0 Å². The predicted molar refractivity (Wildman–Crippen MR) is 82.9 cm³/mol. The lowest BCUT2D eigenvalue weighted by atomic mass is 9.84. The number of ether oxygens (including phenoxy) is 1. The van der Waals surface area contributed by atoms with E-state index >= 15 is 0 Å². The molecule has 0 saturated carbocycles. The van der Waals surface area contributed by atoms with Crippen LogP contribution in [0.5, 0.6) is 0 Å². The lowest BCUT2D eigenvalue weighted by Gasteiger charge is -2.30. The Morgan fingerprint density at radius 2 is 1.61 bits per heavy atom. The van der Waals surface area contributed by atoms with Crippen molar-refractivity contribution in [1.29, 1.82) is 0 Å². The van der Waals surface area contributed by atoms with Gasteiger partial charge in [0, 0.05) is 0 Å². The van der Waals surface area contributed by atoms with Gasteiger partial charge in [-0.3, -0.25) is 0 Å². The molecule has 0 aliphatic rings. The van der Waals surface area contributed by atoms with Gasteiger partial charge in [0.15, 0.2) is 0 Å². The van der Waals surface area contributed by atoms with Crippen LogP contribution in [0, 0.1) is 5.41 Å². The van der Waals surface area contributed by atoms with E-state index in [0.717, 1.165) is 12.7 Å². The van der Waals surface area contributed by atoms with Crippen LogP contribution < -0.4 is 0 Å². The van der Waals surface area contributed by atoms with Crippen LogP contribution in [0.2, 0.25) is 0 Å². The normalized spacial score (nSPS) is 12.8. The second kappa shape index (κ2) is 8.76. The molecular formula is C16H28O7. The molecule has 0 aromatic carbocycles. The standard InChI is InChI=1S/C16H28O7/c1-11(2)20-14(18)22-21-13(17)12(3)9-19-23-16(7,8)10-15(4,5)6/h9,11H,10H2,1-8H3. The molecule has 0 spiro atoms. The highest BCUT2D eigenvalue weighted by molar-refractivity contribution is 5.87. The highest BCUT2D eigenvalue weighted by Gasteiger charge is 2.27. The Kier molecular flexibility index (Phi) is 8.09. The number of hydrogen-bond acceptors (Lipinski definition) is 7. The number of carbonyl (C=O) groups is 2. The fourth-order valence-corrected chi connectivity index (χ4v) is 1.93. The minimum Gasteiger partial charge on any atom is -0.429 e. The number of carbonyl (C=O) groups excluding carboxylic acids is 2.